The van der Waals surface area contributed by atoms with E-state index in [1.165, 1.54) is 4.90 Å². The molecule has 1 aromatic heterocycles. The summed E-state index contributed by atoms with van der Waals surface area (Å²) in [6, 6.07) is 9.81. The van der Waals surface area contributed by atoms with E-state index >= 15 is 0 Å². The van der Waals surface area contributed by atoms with Crippen LogP contribution in [0.1, 0.15) is 44.4 Å². The first-order valence-electron chi connectivity index (χ1n) is 11.0. The summed E-state index contributed by atoms with van der Waals surface area (Å²) in [5.74, 6) is -0.728. The van der Waals surface area contributed by atoms with Gasteiger partial charge in [-0.1, -0.05) is 37.6 Å². The molecule has 3 atom stereocenters. The van der Waals surface area contributed by atoms with Crippen molar-refractivity contribution in [2.24, 2.45) is 11.3 Å². The van der Waals surface area contributed by atoms with Crippen LogP contribution in [0.25, 0.3) is 11.8 Å². The molecule has 0 aliphatic heterocycles. The van der Waals surface area contributed by atoms with E-state index in [0.717, 1.165) is 22.5 Å². The molecule has 8 heteroatoms. The number of halogens is 3. The highest BCUT2D eigenvalue weighted by molar-refractivity contribution is 5.82. The third-order valence-electron chi connectivity index (χ3n) is 6.84. The monoisotopic (exact) mass is 447 g/mol. The lowest BCUT2D eigenvalue weighted by Gasteiger charge is -2.38. The fourth-order valence-corrected chi connectivity index (χ4v) is 5.11. The molecular formula is C24H28F3N3O2. The molecule has 4 rings (SSSR count). The minimum Gasteiger partial charge on any atom is -0.382 e. The molecule has 1 amide bonds. The molecule has 1 unspecified atom stereocenters. The van der Waals surface area contributed by atoms with Crippen LogP contribution in [0, 0.1) is 11.3 Å². The van der Waals surface area contributed by atoms with E-state index in [1.54, 1.807) is 0 Å². The highest BCUT2D eigenvalue weighted by atomic mass is 19.4. The van der Waals surface area contributed by atoms with E-state index in [-0.39, 0.29) is 12.5 Å². The van der Waals surface area contributed by atoms with Gasteiger partial charge in [-0.05, 0) is 49.5 Å². The second-order valence-corrected chi connectivity index (χ2v) is 9.00. The zero-order valence-electron chi connectivity index (χ0n) is 18.3. The van der Waals surface area contributed by atoms with Gasteiger partial charge in [-0.15, -0.1) is 0 Å². The summed E-state index contributed by atoms with van der Waals surface area (Å²) >= 11 is 0. The molecule has 0 bridgehead atoms. The second-order valence-electron chi connectivity index (χ2n) is 9.00. The van der Waals surface area contributed by atoms with Gasteiger partial charge < -0.3 is 10.0 Å². The average Bonchev–Trinajstić information content (AvgIpc) is 3.30. The van der Waals surface area contributed by atoms with Crippen LogP contribution in [0.5, 0.6) is 0 Å². The average molecular weight is 448 g/mol. The standard InChI is InChI=1S/C24H28F3N3O2/c1-3-11-29(15-21(31)24(25,26)27)22(32)19-10-9-17-12-20-16(13-23(17,19)2)14-28-30(20)18-7-5-4-6-8-18/h4-8,12,14,19,21,31H,3,9-11,13,15H2,1-2H3/t19-,21?,23+/m1/s1. The van der Waals surface area contributed by atoms with Crippen LogP contribution < -0.4 is 0 Å². The Labute approximate surface area is 185 Å². The van der Waals surface area contributed by atoms with Gasteiger partial charge in [-0.3, -0.25) is 4.79 Å². The molecule has 0 radical (unpaired) electrons. The number of carbonyl (C=O) groups excluding carboxylic acids is 1. The Balaban J connectivity index is 1.60. The third kappa shape index (κ3) is 3.96. The number of para-hydroxylation sites is 1. The van der Waals surface area contributed by atoms with E-state index in [2.05, 4.69) is 11.2 Å². The minimum absolute atomic E-state index is 0.189. The van der Waals surface area contributed by atoms with Crippen molar-refractivity contribution in [3.63, 3.8) is 0 Å². The van der Waals surface area contributed by atoms with Gasteiger partial charge in [0.2, 0.25) is 5.91 Å². The maximum atomic E-state index is 13.4. The van der Waals surface area contributed by atoms with Crippen LogP contribution in [0.15, 0.2) is 42.1 Å². The Morgan fingerprint density at radius 1 is 1.34 bits per heavy atom. The summed E-state index contributed by atoms with van der Waals surface area (Å²) in [5.41, 5.74) is 3.64. The Hall–Kier alpha value is -2.61. The topological polar surface area (TPSA) is 58.4 Å². The van der Waals surface area contributed by atoms with E-state index < -0.39 is 30.2 Å². The number of fused-ring (bicyclic) bond motifs is 2. The summed E-state index contributed by atoms with van der Waals surface area (Å²) in [4.78, 5) is 14.6. The van der Waals surface area contributed by atoms with Crippen molar-refractivity contribution in [1.29, 1.82) is 0 Å². The van der Waals surface area contributed by atoms with Crippen LogP contribution in [0.3, 0.4) is 0 Å². The lowest BCUT2D eigenvalue weighted by Crippen LogP contribution is -2.48. The molecule has 1 N–H and O–H groups in total. The normalized spacial score (nSPS) is 23.3. The molecule has 2 aliphatic carbocycles. The zero-order valence-corrected chi connectivity index (χ0v) is 18.3. The van der Waals surface area contributed by atoms with E-state index in [1.807, 2.05) is 55.1 Å². The molecule has 1 aromatic carbocycles. The number of benzene rings is 1. The number of hydrogen-bond acceptors (Lipinski definition) is 3. The Kier molecular flexibility index (Phi) is 5.92. The summed E-state index contributed by atoms with van der Waals surface area (Å²) in [5, 5.41) is 14.1. The molecule has 1 saturated carbocycles. The highest BCUT2D eigenvalue weighted by Crippen LogP contribution is 2.53. The summed E-state index contributed by atoms with van der Waals surface area (Å²) < 4.78 is 40.7. The van der Waals surface area contributed by atoms with Gasteiger partial charge in [0.15, 0.2) is 6.10 Å². The Morgan fingerprint density at radius 2 is 2.06 bits per heavy atom. The lowest BCUT2D eigenvalue weighted by atomic mass is 9.69. The van der Waals surface area contributed by atoms with Crippen molar-refractivity contribution < 1.29 is 23.1 Å². The number of aliphatic hydroxyl groups excluding tert-OH is 1. The summed E-state index contributed by atoms with van der Waals surface area (Å²) in [6.07, 6.45) is -0.929. The zero-order chi connectivity index (χ0) is 23.1. The van der Waals surface area contributed by atoms with Gasteiger partial charge in [0.05, 0.1) is 24.1 Å². The van der Waals surface area contributed by atoms with Crippen molar-refractivity contribution in [3.8, 4) is 5.69 Å². The summed E-state index contributed by atoms with van der Waals surface area (Å²) in [7, 11) is 0. The molecule has 0 saturated heterocycles. The smallest absolute Gasteiger partial charge is 0.382 e. The van der Waals surface area contributed by atoms with Gasteiger partial charge >= 0.3 is 6.18 Å². The SMILES string of the molecule is CCCN(CC(O)C(F)(F)F)C(=O)[C@H]1CCC2=Cc3c(cnn3-c3ccccc3)C[C@@]21C. The minimum atomic E-state index is -4.75. The van der Waals surface area contributed by atoms with Crippen molar-refractivity contribution in [3.05, 3.63) is 53.4 Å². The Morgan fingerprint density at radius 3 is 2.72 bits per heavy atom. The highest BCUT2D eigenvalue weighted by Gasteiger charge is 2.50. The number of alkyl halides is 3. The van der Waals surface area contributed by atoms with Crippen molar-refractivity contribution in [2.45, 2.75) is 51.8 Å². The van der Waals surface area contributed by atoms with Crippen molar-refractivity contribution in [2.75, 3.05) is 13.1 Å². The third-order valence-corrected chi connectivity index (χ3v) is 6.84. The van der Waals surface area contributed by atoms with Gasteiger partial charge in [-0.25, -0.2) is 4.68 Å². The van der Waals surface area contributed by atoms with Crippen molar-refractivity contribution >= 4 is 12.0 Å². The van der Waals surface area contributed by atoms with Gasteiger partial charge in [0.25, 0.3) is 0 Å². The maximum absolute atomic E-state index is 13.4. The predicted octanol–water partition coefficient (Wildman–Crippen LogP) is 4.39. The van der Waals surface area contributed by atoms with Gasteiger partial charge in [0, 0.05) is 17.9 Å². The number of allylic oxidation sites excluding steroid dienone is 1. The molecule has 5 nitrogen and oxygen atoms in total. The van der Waals surface area contributed by atoms with Gasteiger partial charge in [-0.2, -0.15) is 18.3 Å². The second kappa shape index (κ2) is 8.39. The fourth-order valence-electron chi connectivity index (χ4n) is 5.11. The molecule has 1 fully saturated rings. The molecule has 0 spiro atoms. The number of aliphatic hydroxyl groups is 1. The number of carbonyl (C=O) groups is 1. The largest absolute Gasteiger partial charge is 0.416 e. The van der Waals surface area contributed by atoms with Crippen LogP contribution in [-0.4, -0.2) is 51.1 Å². The number of hydrogen-bond donors (Lipinski definition) is 1. The van der Waals surface area contributed by atoms with Crippen LogP contribution in [-0.2, 0) is 11.2 Å². The molecule has 2 aliphatic rings. The predicted molar refractivity (Wildman–Crippen MR) is 115 cm³/mol. The van der Waals surface area contributed by atoms with E-state index in [9.17, 15) is 23.1 Å². The Bertz CT molecular complexity index is 1020. The maximum Gasteiger partial charge on any atom is 0.416 e. The van der Waals surface area contributed by atoms with E-state index in [4.69, 9.17) is 0 Å². The quantitative estimate of drug-likeness (QED) is 0.715. The fraction of sp³-hybridized carbons (Fsp3) is 0.500. The molecule has 2 aromatic rings. The number of aromatic nitrogens is 2. The molecule has 32 heavy (non-hydrogen) atoms. The first-order valence-corrected chi connectivity index (χ1v) is 11.0. The number of rotatable bonds is 6. The van der Waals surface area contributed by atoms with Crippen LogP contribution in [0.4, 0.5) is 13.2 Å². The van der Waals surface area contributed by atoms with Crippen LogP contribution >= 0.6 is 0 Å². The molecular weight excluding hydrogens is 419 g/mol. The van der Waals surface area contributed by atoms with Crippen molar-refractivity contribution in [1.82, 2.24) is 14.7 Å². The molecule has 172 valence electrons. The molecule has 1 heterocycles. The lowest BCUT2D eigenvalue weighted by molar-refractivity contribution is -0.208. The first kappa shape index (κ1) is 22.6. The van der Waals surface area contributed by atoms with Gasteiger partial charge in [0.1, 0.15) is 0 Å². The number of amides is 1. The van der Waals surface area contributed by atoms with E-state index in [0.29, 0.717) is 25.7 Å². The first-order chi connectivity index (χ1) is 15.1. The number of nitrogens with zero attached hydrogens (tertiary/aromatic N) is 3. The van der Waals surface area contributed by atoms with Crippen LogP contribution in [0.2, 0.25) is 0 Å². The summed E-state index contributed by atoms with van der Waals surface area (Å²) in [6.45, 7) is 3.31.